The van der Waals surface area contributed by atoms with E-state index in [1.807, 2.05) is 31.2 Å². The Bertz CT molecular complexity index is 710. The second-order valence-electron chi connectivity index (χ2n) is 4.74. The number of hydrogen-bond donors (Lipinski definition) is 2. The number of benzene rings is 1. The van der Waals surface area contributed by atoms with Crippen LogP contribution in [-0.4, -0.2) is 26.0 Å². The summed E-state index contributed by atoms with van der Waals surface area (Å²) in [7, 11) is -3.55. The molecular weight excluding hydrogens is 324 g/mol. The van der Waals surface area contributed by atoms with Crippen molar-refractivity contribution in [3.8, 4) is 0 Å². The van der Waals surface area contributed by atoms with Crippen LogP contribution in [0.5, 0.6) is 0 Å². The smallest absolute Gasteiger partial charge is 0.242 e. The summed E-state index contributed by atoms with van der Waals surface area (Å²) >= 11 is 3.17. The molecule has 1 heterocycles. The molecule has 0 spiro atoms. The molecule has 116 valence electrons. The summed E-state index contributed by atoms with van der Waals surface area (Å²) in [6.07, 6.45) is 0. The third kappa shape index (κ3) is 3.78. The van der Waals surface area contributed by atoms with E-state index in [4.69, 9.17) is 5.73 Å². The zero-order chi connectivity index (χ0) is 15.5. The number of nitrogens with two attached hydrogens (primary N) is 1. The van der Waals surface area contributed by atoms with Crippen molar-refractivity contribution in [3.05, 3.63) is 29.1 Å². The second-order valence-corrected chi connectivity index (χ2v) is 8.84. The summed E-state index contributed by atoms with van der Waals surface area (Å²) in [6, 6.07) is 7.41. The molecule has 0 bridgehead atoms. The molecule has 0 aliphatic rings. The van der Waals surface area contributed by atoms with Gasteiger partial charge in [0.25, 0.3) is 0 Å². The van der Waals surface area contributed by atoms with E-state index in [9.17, 15) is 8.42 Å². The number of thioether (sulfide) groups is 1. The van der Waals surface area contributed by atoms with Gasteiger partial charge in [0.05, 0.1) is 0 Å². The number of hydrogen-bond acceptors (Lipinski definition) is 5. The van der Waals surface area contributed by atoms with E-state index < -0.39 is 10.0 Å². The lowest BCUT2D eigenvalue weighted by Gasteiger charge is -2.14. The molecule has 1 atom stereocenters. The molecule has 0 saturated heterocycles. The second kappa shape index (κ2) is 7.11. The van der Waals surface area contributed by atoms with Crippen LogP contribution < -0.4 is 10.5 Å². The van der Waals surface area contributed by atoms with Gasteiger partial charge in [-0.1, -0.05) is 25.1 Å². The van der Waals surface area contributed by atoms with Crippen LogP contribution in [0.25, 0.3) is 10.1 Å². The number of thiophene rings is 1. The maximum atomic E-state index is 12.7. The van der Waals surface area contributed by atoms with Crippen molar-refractivity contribution in [3.63, 3.8) is 0 Å². The molecule has 4 nitrogen and oxygen atoms in total. The maximum Gasteiger partial charge on any atom is 0.242 e. The molecule has 1 aromatic heterocycles. The van der Waals surface area contributed by atoms with Gasteiger partial charge in [-0.05, 0) is 18.7 Å². The summed E-state index contributed by atoms with van der Waals surface area (Å²) in [5, 5.41) is 0.755. The molecule has 0 fully saturated rings. The summed E-state index contributed by atoms with van der Waals surface area (Å²) in [4.78, 5) is 1.05. The highest BCUT2D eigenvalue weighted by molar-refractivity contribution is 7.99. The van der Waals surface area contributed by atoms with Crippen LogP contribution in [0.1, 0.15) is 18.7 Å². The molecule has 7 heteroatoms. The number of sulfonamides is 1. The predicted molar refractivity (Wildman–Crippen MR) is 92.5 cm³/mol. The van der Waals surface area contributed by atoms with E-state index in [1.165, 1.54) is 11.3 Å². The van der Waals surface area contributed by atoms with Gasteiger partial charge in [-0.3, -0.25) is 0 Å². The highest BCUT2D eigenvalue weighted by Crippen LogP contribution is 2.34. The zero-order valence-corrected chi connectivity index (χ0v) is 14.6. The number of rotatable bonds is 7. The Balaban J connectivity index is 2.39. The fraction of sp³-hybridized carbons (Fsp3) is 0.429. The van der Waals surface area contributed by atoms with E-state index in [0.717, 1.165) is 21.6 Å². The zero-order valence-electron chi connectivity index (χ0n) is 12.1. The van der Waals surface area contributed by atoms with Gasteiger partial charge >= 0.3 is 0 Å². The molecule has 0 aliphatic heterocycles. The summed E-state index contributed by atoms with van der Waals surface area (Å²) in [5.74, 6) is 1.73. The predicted octanol–water partition coefficient (Wildman–Crippen LogP) is 2.78. The first-order chi connectivity index (χ1) is 9.99. The molecule has 0 amide bonds. The lowest BCUT2D eigenvalue weighted by atomic mass is 10.2. The standard InChI is InChI=1S/C14H20N2O2S3/c1-3-19-9-10(2)16-21(17,18)14-11-6-4-5-7-12(11)20-13(14)8-15/h4-7,10,16H,3,8-9,15H2,1-2H3. The molecule has 2 rings (SSSR count). The summed E-state index contributed by atoms with van der Waals surface area (Å²) < 4.78 is 29.1. The van der Waals surface area contributed by atoms with Crippen molar-refractivity contribution < 1.29 is 8.42 Å². The van der Waals surface area contributed by atoms with Crippen LogP contribution >= 0.6 is 23.1 Å². The van der Waals surface area contributed by atoms with E-state index >= 15 is 0 Å². The molecule has 0 aliphatic carbocycles. The maximum absolute atomic E-state index is 12.7. The minimum atomic E-state index is -3.55. The van der Waals surface area contributed by atoms with Gasteiger partial charge in [0.15, 0.2) is 0 Å². The highest BCUT2D eigenvalue weighted by atomic mass is 32.2. The Labute approximate surface area is 134 Å². The van der Waals surface area contributed by atoms with E-state index in [-0.39, 0.29) is 12.6 Å². The minimum Gasteiger partial charge on any atom is -0.326 e. The van der Waals surface area contributed by atoms with E-state index in [1.54, 1.807) is 11.8 Å². The van der Waals surface area contributed by atoms with E-state index in [2.05, 4.69) is 11.6 Å². The Morgan fingerprint density at radius 3 is 2.76 bits per heavy atom. The summed E-state index contributed by atoms with van der Waals surface area (Å²) in [5.41, 5.74) is 5.74. The Morgan fingerprint density at radius 2 is 2.10 bits per heavy atom. The molecule has 3 N–H and O–H groups in total. The minimum absolute atomic E-state index is 0.107. The fourth-order valence-corrected chi connectivity index (χ4v) is 6.01. The van der Waals surface area contributed by atoms with Gasteiger partial charge in [0.1, 0.15) is 4.90 Å². The van der Waals surface area contributed by atoms with Gasteiger partial charge in [-0.15, -0.1) is 11.3 Å². The molecule has 0 radical (unpaired) electrons. The normalized spacial score (nSPS) is 13.7. The Kier molecular flexibility index (Phi) is 5.67. The van der Waals surface area contributed by atoms with Crippen LogP contribution in [0.4, 0.5) is 0 Å². The first-order valence-electron chi connectivity index (χ1n) is 6.80. The molecule has 0 saturated carbocycles. The van der Waals surface area contributed by atoms with Gasteiger partial charge in [0.2, 0.25) is 10.0 Å². The van der Waals surface area contributed by atoms with Crippen molar-refractivity contribution in [1.82, 2.24) is 4.72 Å². The Hall–Kier alpha value is -0.600. The fourth-order valence-electron chi connectivity index (χ4n) is 2.15. The van der Waals surface area contributed by atoms with Crippen molar-refractivity contribution in [1.29, 1.82) is 0 Å². The number of fused-ring (bicyclic) bond motifs is 1. The van der Waals surface area contributed by atoms with Gasteiger partial charge in [-0.2, -0.15) is 11.8 Å². The quantitative estimate of drug-likeness (QED) is 0.810. The molecule has 1 aromatic carbocycles. The van der Waals surface area contributed by atoms with Gasteiger partial charge in [-0.25, -0.2) is 13.1 Å². The topological polar surface area (TPSA) is 72.2 Å². The summed E-state index contributed by atoms with van der Waals surface area (Å²) in [6.45, 7) is 4.18. The first kappa shape index (κ1) is 16.8. The molecule has 1 unspecified atom stereocenters. The molecular formula is C14H20N2O2S3. The van der Waals surface area contributed by atoms with Crippen LogP contribution in [0.2, 0.25) is 0 Å². The highest BCUT2D eigenvalue weighted by Gasteiger charge is 2.25. The average Bonchev–Trinajstić information content (AvgIpc) is 2.83. The number of nitrogens with one attached hydrogen (secondary N) is 1. The lowest BCUT2D eigenvalue weighted by Crippen LogP contribution is -2.34. The molecule has 21 heavy (non-hydrogen) atoms. The molecule has 2 aromatic rings. The van der Waals surface area contributed by atoms with Crippen molar-refractivity contribution >= 4 is 43.2 Å². The first-order valence-corrected chi connectivity index (χ1v) is 10.3. The van der Waals surface area contributed by atoms with Crippen molar-refractivity contribution in [2.45, 2.75) is 31.3 Å². The van der Waals surface area contributed by atoms with Crippen LogP contribution in [0, 0.1) is 0 Å². The monoisotopic (exact) mass is 344 g/mol. The lowest BCUT2D eigenvalue weighted by molar-refractivity contribution is 0.571. The largest absolute Gasteiger partial charge is 0.326 e. The third-order valence-corrected chi connectivity index (χ3v) is 7.18. The van der Waals surface area contributed by atoms with Gasteiger partial charge < -0.3 is 5.73 Å². The Morgan fingerprint density at radius 1 is 1.38 bits per heavy atom. The third-order valence-electron chi connectivity index (χ3n) is 3.00. The average molecular weight is 345 g/mol. The van der Waals surface area contributed by atoms with Gasteiger partial charge in [0, 0.05) is 33.3 Å². The van der Waals surface area contributed by atoms with E-state index in [0.29, 0.717) is 9.77 Å². The van der Waals surface area contributed by atoms with Crippen molar-refractivity contribution in [2.24, 2.45) is 5.73 Å². The van der Waals surface area contributed by atoms with Crippen LogP contribution in [-0.2, 0) is 16.6 Å². The van der Waals surface area contributed by atoms with Crippen molar-refractivity contribution in [2.75, 3.05) is 11.5 Å². The van der Waals surface area contributed by atoms with Crippen LogP contribution in [0.15, 0.2) is 29.2 Å². The van der Waals surface area contributed by atoms with Crippen LogP contribution in [0.3, 0.4) is 0 Å². The SMILES string of the molecule is CCSCC(C)NS(=O)(=O)c1c(CN)sc2ccccc12.